The van der Waals surface area contributed by atoms with Crippen LogP contribution in [0.25, 0.3) is 0 Å². The zero-order valence-electron chi connectivity index (χ0n) is 14.7. The van der Waals surface area contributed by atoms with Crippen molar-refractivity contribution in [3.05, 3.63) is 82.8 Å². The topological polar surface area (TPSA) is 53.5 Å². The van der Waals surface area contributed by atoms with Gasteiger partial charge in [0.2, 0.25) is 5.91 Å². The number of thiophene rings is 1. The average Bonchev–Trinajstić information content (AvgIpc) is 3.23. The van der Waals surface area contributed by atoms with Crippen molar-refractivity contribution in [2.45, 2.75) is 12.5 Å². The van der Waals surface area contributed by atoms with Crippen LogP contribution in [0.3, 0.4) is 0 Å². The van der Waals surface area contributed by atoms with Crippen molar-refractivity contribution in [3.8, 4) is 0 Å². The first-order valence-electron chi connectivity index (χ1n) is 8.82. The van der Waals surface area contributed by atoms with E-state index >= 15 is 0 Å². The number of piperazine rings is 1. The Bertz CT molecular complexity index is 913. The Balaban J connectivity index is 1.66. The van der Waals surface area contributed by atoms with Crippen molar-refractivity contribution in [1.29, 1.82) is 0 Å². The van der Waals surface area contributed by atoms with Crippen LogP contribution in [0.4, 0.5) is 5.69 Å². The van der Waals surface area contributed by atoms with Gasteiger partial charge in [0.15, 0.2) is 0 Å². The summed E-state index contributed by atoms with van der Waals surface area (Å²) in [6.45, 7) is 0.579. The van der Waals surface area contributed by atoms with E-state index in [1.165, 1.54) is 4.88 Å². The molecule has 1 aliphatic heterocycles. The third-order valence-electron chi connectivity index (χ3n) is 4.69. The number of carbonyl (C=O) groups is 2. The highest BCUT2D eigenvalue weighted by atomic mass is 32.1. The second-order valence-electron chi connectivity index (χ2n) is 6.36. The van der Waals surface area contributed by atoms with E-state index in [-0.39, 0.29) is 18.4 Å². The summed E-state index contributed by atoms with van der Waals surface area (Å²) in [6, 6.07) is 16.4. The van der Waals surface area contributed by atoms with Crippen molar-refractivity contribution in [1.82, 2.24) is 9.88 Å². The Morgan fingerprint density at radius 1 is 1.00 bits per heavy atom. The summed E-state index contributed by atoms with van der Waals surface area (Å²) in [5.74, 6) is -0.130. The molecule has 0 saturated carbocycles. The lowest BCUT2D eigenvalue weighted by Crippen LogP contribution is -2.56. The van der Waals surface area contributed by atoms with E-state index in [4.69, 9.17) is 0 Å². The lowest BCUT2D eigenvalue weighted by molar-refractivity contribution is -0.143. The van der Waals surface area contributed by atoms with Crippen molar-refractivity contribution in [3.63, 3.8) is 0 Å². The van der Waals surface area contributed by atoms with Crippen LogP contribution in [0.15, 0.2) is 72.4 Å². The zero-order valence-corrected chi connectivity index (χ0v) is 15.5. The van der Waals surface area contributed by atoms with Crippen molar-refractivity contribution < 1.29 is 9.59 Å². The van der Waals surface area contributed by atoms with Gasteiger partial charge in [-0.05, 0) is 47.7 Å². The molecule has 1 unspecified atom stereocenters. The average molecular weight is 377 g/mol. The quantitative estimate of drug-likeness (QED) is 0.686. The summed E-state index contributed by atoms with van der Waals surface area (Å²) >= 11 is 1.66. The molecule has 0 aliphatic carbocycles. The molecule has 1 aliphatic rings. The van der Waals surface area contributed by atoms with Gasteiger partial charge in [-0.2, -0.15) is 0 Å². The highest BCUT2D eigenvalue weighted by Crippen LogP contribution is 2.30. The van der Waals surface area contributed by atoms with Gasteiger partial charge in [0.05, 0.1) is 0 Å². The molecule has 136 valence electrons. The van der Waals surface area contributed by atoms with Crippen LogP contribution < -0.4 is 4.90 Å². The van der Waals surface area contributed by atoms with E-state index in [0.29, 0.717) is 6.54 Å². The van der Waals surface area contributed by atoms with Crippen LogP contribution >= 0.6 is 11.3 Å². The minimum absolute atomic E-state index is 0.0446. The molecule has 6 heteroatoms. The first kappa shape index (κ1) is 17.4. The number of aromatic nitrogens is 1. The maximum absolute atomic E-state index is 13.4. The zero-order chi connectivity index (χ0) is 18.6. The van der Waals surface area contributed by atoms with Crippen LogP contribution in [0.5, 0.6) is 0 Å². The number of para-hydroxylation sites is 1. The van der Waals surface area contributed by atoms with Crippen LogP contribution in [0, 0.1) is 0 Å². The molecule has 2 amide bonds. The van der Waals surface area contributed by atoms with E-state index in [0.717, 1.165) is 17.7 Å². The highest BCUT2D eigenvalue weighted by molar-refractivity contribution is 7.09. The predicted molar refractivity (Wildman–Crippen MR) is 106 cm³/mol. The highest BCUT2D eigenvalue weighted by Gasteiger charge is 2.40. The Morgan fingerprint density at radius 2 is 1.78 bits per heavy atom. The van der Waals surface area contributed by atoms with Gasteiger partial charge in [-0.1, -0.05) is 24.3 Å². The lowest BCUT2D eigenvalue weighted by atomic mass is 10.0. The molecule has 0 spiro atoms. The molecule has 27 heavy (non-hydrogen) atoms. The number of amides is 2. The lowest BCUT2D eigenvalue weighted by Gasteiger charge is -2.40. The van der Waals surface area contributed by atoms with Crippen LogP contribution in [-0.4, -0.2) is 34.8 Å². The Hall–Kier alpha value is -2.99. The molecule has 5 nitrogen and oxygen atoms in total. The molecule has 4 rings (SSSR count). The standard InChI is InChI=1S/C21H19N3O2S/c25-19-15-24(17-5-2-1-3-6-17)21(26)20(16-8-11-22-12-9-16)23(19)13-10-18-7-4-14-27-18/h1-9,11-12,14,20H,10,13,15H2. The smallest absolute Gasteiger partial charge is 0.254 e. The summed E-state index contributed by atoms with van der Waals surface area (Å²) in [4.78, 5) is 34.9. The molecule has 1 fully saturated rings. The van der Waals surface area contributed by atoms with Gasteiger partial charge in [-0.15, -0.1) is 11.3 Å². The SMILES string of the molecule is O=C1C(c2ccncc2)N(CCc2cccs2)C(=O)CN1c1ccccc1. The van der Waals surface area contributed by atoms with Gasteiger partial charge >= 0.3 is 0 Å². The summed E-state index contributed by atoms with van der Waals surface area (Å²) in [7, 11) is 0. The van der Waals surface area contributed by atoms with E-state index in [9.17, 15) is 9.59 Å². The van der Waals surface area contributed by atoms with Gasteiger partial charge in [0.25, 0.3) is 5.91 Å². The molecule has 0 radical (unpaired) electrons. The fraction of sp³-hybridized carbons (Fsp3) is 0.190. The van der Waals surface area contributed by atoms with Crippen LogP contribution in [-0.2, 0) is 16.0 Å². The van der Waals surface area contributed by atoms with Crippen LogP contribution in [0.1, 0.15) is 16.5 Å². The number of hydrogen-bond donors (Lipinski definition) is 0. The maximum Gasteiger partial charge on any atom is 0.254 e. The molecule has 2 aromatic heterocycles. The van der Waals surface area contributed by atoms with E-state index in [1.807, 2.05) is 53.9 Å². The fourth-order valence-electron chi connectivity index (χ4n) is 3.36. The van der Waals surface area contributed by atoms with Gasteiger partial charge in [0, 0.05) is 29.5 Å². The van der Waals surface area contributed by atoms with Crippen molar-refractivity contribution in [2.75, 3.05) is 18.0 Å². The molecule has 0 bridgehead atoms. The second-order valence-corrected chi connectivity index (χ2v) is 7.39. The summed E-state index contributed by atoms with van der Waals surface area (Å²) < 4.78 is 0. The molecule has 1 saturated heterocycles. The monoisotopic (exact) mass is 377 g/mol. The minimum atomic E-state index is -0.630. The summed E-state index contributed by atoms with van der Waals surface area (Å²) in [5, 5.41) is 2.02. The Kier molecular flexibility index (Phi) is 4.98. The number of hydrogen-bond acceptors (Lipinski definition) is 4. The molecule has 3 aromatic rings. The fourth-order valence-corrected chi connectivity index (χ4v) is 4.06. The Morgan fingerprint density at radius 3 is 2.48 bits per heavy atom. The van der Waals surface area contributed by atoms with Crippen molar-refractivity contribution in [2.24, 2.45) is 0 Å². The summed E-state index contributed by atoms with van der Waals surface area (Å²) in [5.41, 5.74) is 1.53. The number of carbonyl (C=O) groups excluding carboxylic acids is 2. The first-order valence-corrected chi connectivity index (χ1v) is 9.70. The van der Waals surface area contributed by atoms with E-state index in [1.54, 1.807) is 33.5 Å². The number of nitrogens with zero attached hydrogens (tertiary/aromatic N) is 3. The molecule has 0 N–H and O–H groups in total. The minimum Gasteiger partial charge on any atom is -0.325 e. The third-order valence-corrected chi connectivity index (χ3v) is 5.63. The molecular weight excluding hydrogens is 358 g/mol. The number of pyridine rings is 1. The van der Waals surface area contributed by atoms with Crippen molar-refractivity contribution >= 4 is 28.8 Å². The molecular formula is C21H19N3O2S. The van der Waals surface area contributed by atoms with Gasteiger partial charge in [-0.3, -0.25) is 14.6 Å². The number of rotatable bonds is 5. The summed E-state index contributed by atoms with van der Waals surface area (Å²) in [6.07, 6.45) is 4.06. The Labute approximate surface area is 161 Å². The van der Waals surface area contributed by atoms with Gasteiger partial charge in [0.1, 0.15) is 12.6 Å². The van der Waals surface area contributed by atoms with E-state index in [2.05, 4.69) is 11.1 Å². The number of anilines is 1. The largest absolute Gasteiger partial charge is 0.325 e. The first-order chi connectivity index (χ1) is 13.2. The normalized spacial score (nSPS) is 17.4. The molecule has 1 atom stereocenters. The van der Waals surface area contributed by atoms with E-state index < -0.39 is 6.04 Å². The number of benzene rings is 1. The van der Waals surface area contributed by atoms with Gasteiger partial charge < -0.3 is 9.80 Å². The third kappa shape index (κ3) is 3.61. The predicted octanol–water partition coefficient (Wildman–Crippen LogP) is 3.30. The second kappa shape index (κ2) is 7.72. The molecule has 1 aromatic carbocycles. The van der Waals surface area contributed by atoms with Crippen LogP contribution in [0.2, 0.25) is 0 Å². The van der Waals surface area contributed by atoms with Gasteiger partial charge in [-0.25, -0.2) is 0 Å². The maximum atomic E-state index is 13.4. The molecule has 3 heterocycles.